The van der Waals surface area contributed by atoms with E-state index in [2.05, 4.69) is 34.1 Å². The summed E-state index contributed by atoms with van der Waals surface area (Å²) < 4.78 is 13.0. The number of aliphatic carboxylic acids is 2. The summed E-state index contributed by atoms with van der Waals surface area (Å²) in [5.74, 6) is -3.80. The molecule has 1 fully saturated rings. The first-order valence-electron chi connectivity index (χ1n) is 10.2. The van der Waals surface area contributed by atoms with Gasteiger partial charge in [-0.2, -0.15) is 0 Å². The summed E-state index contributed by atoms with van der Waals surface area (Å²) in [5, 5.41) is 14.8. The largest absolute Gasteiger partial charge is 0.473 e. The molecule has 0 saturated carbocycles. The maximum atomic E-state index is 13.0. The molecule has 6 nitrogen and oxygen atoms in total. The molecule has 7 heteroatoms. The van der Waals surface area contributed by atoms with Crippen LogP contribution in [-0.2, 0) is 29.1 Å². The van der Waals surface area contributed by atoms with Crippen molar-refractivity contribution in [1.82, 2.24) is 9.80 Å². The van der Waals surface area contributed by atoms with E-state index in [0.717, 1.165) is 26.2 Å². The van der Waals surface area contributed by atoms with E-state index in [1.54, 1.807) is 12.1 Å². The molecular weight excluding hydrogens is 387 g/mol. The van der Waals surface area contributed by atoms with Crippen LogP contribution in [0, 0.1) is 5.82 Å². The lowest BCUT2D eigenvalue weighted by Gasteiger charge is -2.40. The fourth-order valence-electron chi connectivity index (χ4n) is 4.12. The first-order valence-corrected chi connectivity index (χ1v) is 10.2. The highest BCUT2D eigenvalue weighted by molar-refractivity contribution is 6.27. The van der Waals surface area contributed by atoms with Gasteiger partial charge in [0.2, 0.25) is 0 Å². The molecular formula is C23H27FN2O4. The number of nitrogens with zero attached hydrogens (tertiary/aromatic N) is 2. The van der Waals surface area contributed by atoms with Crippen molar-refractivity contribution in [3.63, 3.8) is 0 Å². The second-order valence-electron chi connectivity index (χ2n) is 7.73. The van der Waals surface area contributed by atoms with Gasteiger partial charge in [-0.3, -0.25) is 9.80 Å². The third-order valence-corrected chi connectivity index (χ3v) is 5.74. The maximum Gasteiger partial charge on any atom is 0.414 e. The molecule has 0 unspecified atom stereocenters. The number of hydrogen-bond donors (Lipinski definition) is 2. The van der Waals surface area contributed by atoms with Crippen LogP contribution in [0.5, 0.6) is 0 Å². The Morgan fingerprint density at radius 1 is 0.900 bits per heavy atom. The maximum absolute atomic E-state index is 13.0. The molecule has 2 aromatic carbocycles. The van der Waals surface area contributed by atoms with Crippen molar-refractivity contribution in [2.45, 2.75) is 38.4 Å². The van der Waals surface area contributed by atoms with E-state index in [1.165, 1.54) is 42.5 Å². The summed E-state index contributed by atoms with van der Waals surface area (Å²) in [5.41, 5.74) is 4.25. The Bertz CT molecular complexity index is 852. The summed E-state index contributed by atoms with van der Waals surface area (Å²) >= 11 is 0. The van der Waals surface area contributed by atoms with Crippen LogP contribution in [0.3, 0.4) is 0 Å². The van der Waals surface area contributed by atoms with Crippen LogP contribution >= 0.6 is 0 Å². The number of carboxylic acid groups (broad SMARTS) is 2. The van der Waals surface area contributed by atoms with Crippen LogP contribution in [0.2, 0.25) is 0 Å². The van der Waals surface area contributed by atoms with Gasteiger partial charge >= 0.3 is 11.9 Å². The number of halogens is 1. The average molecular weight is 414 g/mol. The van der Waals surface area contributed by atoms with E-state index in [9.17, 15) is 4.39 Å². The molecule has 0 aliphatic carbocycles. The minimum atomic E-state index is -1.82. The van der Waals surface area contributed by atoms with Gasteiger partial charge < -0.3 is 10.2 Å². The van der Waals surface area contributed by atoms with Crippen LogP contribution in [-0.4, -0.2) is 57.6 Å². The Balaban J connectivity index is 0.000000377. The van der Waals surface area contributed by atoms with E-state index in [-0.39, 0.29) is 5.82 Å². The van der Waals surface area contributed by atoms with E-state index in [1.807, 2.05) is 12.1 Å². The molecule has 2 aliphatic rings. The van der Waals surface area contributed by atoms with Gasteiger partial charge in [-0.25, -0.2) is 14.0 Å². The van der Waals surface area contributed by atoms with Gasteiger partial charge in [0.1, 0.15) is 5.82 Å². The molecule has 0 bridgehead atoms. The van der Waals surface area contributed by atoms with E-state index < -0.39 is 11.9 Å². The second-order valence-corrected chi connectivity index (χ2v) is 7.73. The molecule has 160 valence electrons. The summed E-state index contributed by atoms with van der Waals surface area (Å²) in [6.45, 7) is 5.52. The van der Waals surface area contributed by atoms with Crippen molar-refractivity contribution < 1.29 is 24.2 Å². The molecule has 0 amide bonds. The van der Waals surface area contributed by atoms with Gasteiger partial charge in [0, 0.05) is 25.7 Å². The second kappa shape index (κ2) is 10.3. The Labute approximate surface area is 175 Å². The van der Waals surface area contributed by atoms with E-state index in [0.29, 0.717) is 6.04 Å². The molecule has 2 aliphatic heterocycles. The van der Waals surface area contributed by atoms with Crippen LogP contribution < -0.4 is 0 Å². The third-order valence-electron chi connectivity index (χ3n) is 5.74. The molecule has 2 N–H and O–H groups in total. The minimum Gasteiger partial charge on any atom is -0.473 e. The fourth-order valence-corrected chi connectivity index (χ4v) is 4.12. The lowest BCUT2D eigenvalue weighted by Crippen LogP contribution is -2.46. The number of rotatable bonds is 3. The van der Waals surface area contributed by atoms with Crippen molar-refractivity contribution >= 4 is 11.9 Å². The van der Waals surface area contributed by atoms with Gasteiger partial charge in [-0.1, -0.05) is 36.4 Å². The molecule has 0 aromatic heterocycles. The highest BCUT2D eigenvalue weighted by atomic mass is 19.1. The predicted octanol–water partition coefficient (Wildman–Crippen LogP) is 3.00. The van der Waals surface area contributed by atoms with Crippen LogP contribution in [0.25, 0.3) is 0 Å². The predicted molar refractivity (Wildman–Crippen MR) is 111 cm³/mol. The summed E-state index contributed by atoms with van der Waals surface area (Å²) in [4.78, 5) is 23.4. The van der Waals surface area contributed by atoms with Crippen molar-refractivity contribution in [3.8, 4) is 0 Å². The zero-order chi connectivity index (χ0) is 21.5. The zero-order valence-electron chi connectivity index (χ0n) is 16.8. The highest BCUT2D eigenvalue weighted by Crippen LogP contribution is 2.25. The van der Waals surface area contributed by atoms with Crippen LogP contribution in [0.1, 0.15) is 29.5 Å². The monoisotopic (exact) mass is 414 g/mol. The summed E-state index contributed by atoms with van der Waals surface area (Å²) in [6.07, 6.45) is 3.67. The lowest BCUT2D eigenvalue weighted by molar-refractivity contribution is -0.159. The topological polar surface area (TPSA) is 81.1 Å². The molecule has 0 atom stereocenters. The molecule has 0 spiro atoms. The Morgan fingerprint density at radius 2 is 1.50 bits per heavy atom. The molecule has 30 heavy (non-hydrogen) atoms. The fraction of sp³-hybridized carbons (Fsp3) is 0.391. The van der Waals surface area contributed by atoms with Crippen LogP contribution in [0.15, 0.2) is 48.5 Å². The minimum absolute atomic E-state index is 0.150. The number of hydrogen-bond acceptors (Lipinski definition) is 4. The molecule has 2 aromatic rings. The van der Waals surface area contributed by atoms with Crippen molar-refractivity contribution in [1.29, 1.82) is 0 Å². The van der Waals surface area contributed by atoms with Gasteiger partial charge in [-0.05, 0) is 61.2 Å². The van der Waals surface area contributed by atoms with Crippen molar-refractivity contribution in [2.75, 3.05) is 19.6 Å². The van der Waals surface area contributed by atoms with Gasteiger partial charge in [0.25, 0.3) is 0 Å². The Kier molecular flexibility index (Phi) is 7.54. The highest BCUT2D eigenvalue weighted by Gasteiger charge is 2.27. The third kappa shape index (κ3) is 6.11. The van der Waals surface area contributed by atoms with Gasteiger partial charge in [-0.15, -0.1) is 0 Å². The molecule has 2 heterocycles. The average Bonchev–Trinajstić information content (AvgIpc) is 2.76. The summed E-state index contributed by atoms with van der Waals surface area (Å²) in [6, 6.07) is 16.5. The zero-order valence-corrected chi connectivity index (χ0v) is 16.8. The standard InChI is InChI=1S/C21H25FN2.C2H2O4/c22-20-7-5-17(6-8-20)15-23-12-10-21(11-13-23)24-14-9-18-3-1-2-4-19(18)16-24;3-1(4)2(5)6/h1-8,21H,9-16H2;(H,3,4)(H,5,6). The first kappa shape index (κ1) is 21.9. The van der Waals surface area contributed by atoms with E-state index in [4.69, 9.17) is 19.8 Å². The number of likely N-dealkylation sites (tertiary alicyclic amines) is 1. The number of fused-ring (bicyclic) bond motifs is 1. The number of carboxylic acids is 2. The lowest BCUT2D eigenvalue weighted by atomic mass is 9.95. The van der Waals surface area contributed by atoms with Gasteiger partial charge in [0.05, 0.1) is 0 Å². The van der Waals surface area contributed by atoms with Gasteiger partial charge in [0.15, 0.2) is 0 Å². The number of piperidine rings is 1. The Hall–Kier alpha value is -2.77. The number of carbonyl (C=O) groups is 2. The SMILES string of the molecule is Fc1ccc(CN2CCC(N3CCc4ccccc4C3)CC2)cc1.O=C(O)C(=O)O. The molecule has 0 radical (unpaired) electrons. The van der Waals surface area contributed by atoms with E-state index >= 15 is 0 Å². The molecule has 4 rings (SSSR count). The van der Waals surface area contributed by atoms with Crippen LogP contribution in [0.4, 0.5) is 4.39 Å². The van der Waals surface area contributed by atoms with Crippen molar-refractivity contribution in [2.24, 2.45) is 0 Å². The quantitative estimate of drug-likeness (QED) is 0.752. The number of benzene rings is 2. The Morgan fingerprint density at radius 3 is 2.10 bits per heavy atom. The van der Waals surface area contributed by atoms with Crippen molar-refractivity contribution in [3.05, 3.63) is 71.0 Å². The molecule has 1 saturated heterocycles. The smallest absolute Gasteiger partial charge is 0.414 e. The summed E-state index contributed by atoms with van der Waals surface area (Å²) in [7, 11) is 0. The normalized spacial score (nSPS) is 17.5. The first-order chi connectivity index (χ1) is 14.4.